The Morgan fingerprint density at radius 2 is 2.11 bits per heavy atom. The average molecular weight is 243 g/mol. The summed E-state index contributed by atoms with van der Waals surface area (Å²) in [6, 6.07) is 0. The van der Waals surface area contributed by atoms with Crippen LogP contribution in [0.2, 0.25) is 0 Å². The van der Waals surface area contributed by atoms with Crippen molar-refractivity contribution < 1.29 is 26.2 Å². The van der Waals surface area contributed by atoms with Crippen LogP contribution in [0.1, 0.15) is 0 Å². The molecule has 0 aliphatic rings. The Morgan fingerprint density at radius 3 is 2.22 bits per heavy atom. The Kier molecular flexibility index (Phi) is 15.7. The minimum absolute atomic E-state index is 0. The number of hydrogen-bond acceptors (Lipinski definition) is 1. The van der Waals surface area contributed by atoms with Crippen molar-refractivity contribution in [1.82, 2.24) is 9.97 Å². The number of hydrogen-bond donors (Lipinski definition) is 1. The van der Waals surface area contributed by atoms with Gasteiger partial charge < -0.3 is 9.97 Å². The number of rotatable bonds is 0. The van der Waals surface area contributed by atoms with Crippen LogP contribution in [0.4, 0.5) is 0 Å². The monoisotopic (exact) mass is 241 g/mol. The predicted molar refractivity (Wildman–Crippen MR) is 34.0 cm³/mol. The molecule has 9 heavy (non-hydrogen) atoms. The molecule has 0 saturated heterocycles. The van der Waals surface area contributed by atoms with Crippen LogP contribution in [0.25, 0.3) is 0 Å². The SMILES string of the molecule is ClCCl.[Zr].[c-]1ncc[nH]1. The zero-order chi connectivity index (χ0) is 6.24. The summed E-state index contributed by atoms with van der Waals surface area (Å²) in [4.78, 5) is 6.17. The molecule has 0 aromatic carbocycles. The molecule has 0 radical (unpaired) electrons. The topological polar surface area (TPSA) is 28.7 Å². The molecule has 1 aromatic heterocycles. The summed E-state index contributed by atoms with van der Waals surface area (Å²) < 4.78 is 0. The van der Waals surface area contributed by atoms with Crippen molar-refractivity contribution in [3.8, 4) is 0 Å². The first-order chi connectivity index (χ1) is 3.91. The van der Waals surface area contributed by atoms with E-state index in [2.05, 4.69) is 16.3 Å². The van der Waals surface area contributed by atoms with E-state index >= 15 is 0 Å². The smallest absolute Gasteiger partial charge is 0.0967 e. The van der Waals surface area contributed by atoms with Crippen LogP contribution in [0.3, 0.4) is 0 Å². The van der Waals surface area contributed by atoms with Gasteiger partial charge in [0, 0.05) is 26.2 Å². The van der Waals surface area contributed by atoms with E-state index in [9.17, 15) is 0 Å². The van der Waals surface area contributed by atoms with Crippen LogP contribution in [-0.4, -0.2) is 15.3 Å². The third-order valence-corrected chi connectivity index (χ3v) is 0.362. The van der Waals surface area contributed by atoms with Gasteiger partial charge in [0.1, 0.15) is 0 Å². The molecule has 0 fully saturated rings. The van der Waals surface area contributed by atoms with Gasteiger partial charge >= 0.3 is 0 Å². The first-order valence-corrected chi connectivity index (χ1v) is 2.96. The molecular weight excluding hydrogens is 238 g/mol. The molecule has 50 valence electrons. The van der Waals surface area contributed by atoms with E-state index in [-0.39, 0.29) is 31.5 Å². The van der Waals surface area contributed by atoms with Crippen LogP contribution in [-0.2, 0) is 26.2 Å². The molecule has 0 amide bonds. The maximum atomic E-state index is 4.76. The molecule has 1 aromatic rings. The van der Waals surface area contributed by atoms with Crippen molar-refractivity contribution >= 4 is 23.2 Å². The van der Waals surface area contributed by atoms with Gasteiger partial charge in [0.2, 0.25) is 0 Å². The van der Waals surface area contributed by atoms with Crippen molar-refractivity contribution in [2.45, 2.75) is 0 Å². The summed E-state index contributed by atoms with van der Waals surface area (Å²) in [5, 5.41) is 0.194. The second-order valence-electron chi connectivity index (χ2n) is 0.802. The number of aromatic amines is 1. The third-order valence-electron chi connectivity index (χ3n) is 0.362. The number of halogens is 2. The van der Waals surface area contributed by atoms with Crippen LogP contribution in [0.5, 0.6) is 0 Å². The quantitative estimate of drug-likeness (QED) is 0.544. The predicted octanol–water partition coefficient (Wildman–Crippen LogP) is 1.63. The number of alkyl halides is 2. The van der Waals surface area contributed by atoms with E-state index in [1.54, 1.807) is 12.4 Å². The molecule has 0 saturated carbocycles. The number of imidazole rings is 1. The van der Waals surface area contributed by atoms with Crippen LogP contribution in [0.15, 0.2) is 12.4 Å². The summed E-state index contributed by atoms with van der Waals surface area (Å²) in [5.74, 6) is 0. The van der Waals surface area contributed by atoms with Gasteiger partial charge in [0.15, 0.2) is 0 Å². The maximum absolute atomic E-state index is 4.76. The fourth-order valence-corrected chi connectivity index (χ4v) is 0.186. The van der Waals surface area contributed by atoms with E-state index in [1.165, 1.54) is 0 Å². The van der Waals surface area contributed by atoms with Gasteiger partial charge in [-0.25, -0.2) is 0 Å². The van der Waals surface area contributed by atoms with Crippen LogP contribution >= 0.6 is 23.2 Å². The summed E-state index contributed by atoms with van der Waals surface area (Å²) in [6.45, 7) is 0. The number of nitrogens with one attached hydrogen (secondary N) is 1. The van der Waals surface area contributed by atoms with Crippen molar-refractivity contribution in [2.75, 3.05) is 5.34 Å². The summed E-state index contributed by atoms with van der Waals surface area (Å²) in [5.41, 5.74) is 0. The van der Waals surface area contributed by atoms with Crippen molar-refractivity contribution in [3.05, 3.63) is 18.7 Å². The fourth-order valence-electron chi connectivity index (χ4n) is 0.186. The van der Waals surface area contributed by atoms with E-state index in [0.717, 1.165) is 0 Å². The first-order valence-electron chi connectivity index (χ1n) is 1.89. The Hall–Kier alpha value is 0.673. The molecule has 1 rings (SSSR count). The number of aromatic nitrogens is 2. The number of nitrogens with zero attached hydrogens (tertiary/aromatic N) is 1. The van der Waals surface area contributed by atoms with Gasteiger partial charge in [-0.3, -0.25) is 0 Å². The van der Waals surface area contributed by atoms with Crippen molar-refractivity contribution in [1.29, 1.82) is 0 Å². The van der Waals surface area contributed by atoms with Crippen LogP contribution < -0.4 is 0 Å². The Morgan fingerprint density at radius 1 is 1.56 bits per heavy atom. The molecule has 5 heteroatoms. The van der Waals surface area contributed by atoms with Gasteiger partial charge in [-0.15, -0.1) is 35.6 Å². The molecule has 0 unspecified atom stereocenters. The van der Waals surface area contributed by atoms with E-state index < -0.39 is 0 Å². The average Bonchev–Trinajstić information content (AvgIpc) is 2.17. The van der Waals surface area contributed by atoms with E-state index in [4.69, 9.17) is 23.2 Å². The first kappa shape index (κ1) is 12.4. The second-order valence-corrected chi connectivity index (χ2v) is 1.61. The molecule has 1 heterocycles. The summed E-state index contributed by atoms with van der Waals surface area (Å²) in [6.07, 6.45) is 5.83. The standard InChI is InChI=1S/C3H3N2.CH2Cl2.Zr/c1-2-5-3-4-1;2-1-3;/h1-2H,(H,4,5);1H2;/q-1;;. The zero-order valence-corrected chi connectivity index (χ0v) is 8.53. The summed E-state index contributed by atoms with van der Waals surface area (Å²) in [7, 11) is 0. The number of H-pyrrole nitrogens is 1. The minimum Gasteiger partial charge on any atom is -0.467 e. The van der Waals surface area contributed by atoms with Crippen molar-refractivity contribution in [3.63, 3.8) is 0 Å². The van der Waals surface area contributed by atoms with Crippen LogP contribution in [0, 0.1) is 6.33 Å². The molecule has 1 N–H and O–H groups in total. The molecule has 2 nitrogen and oxygen atoms in total. The second kappa shape index (κ2) is 11.5. The molecular formula is C4H5Cl2N2Zr-. The summed E-state index contributed by atoms with van der Waals surface area (Å²) >= 11 is 9.53. The molecule has 0 spiro atoms. The van der Waals surface area contributed by atoms with Gasteiger partial charge in [0.25, 0.3) is 0 Å². The Bertz CT molecular complexity index is 83.5. The normalized spacial score (nSPS) is 6.44. The third kappa shape index (κ3) is 12.0. The van der Waals surface area contributed by atoms with E-state index in [1.807, 2.05) is 0 Å². The maximum Gasteiger partial charge on any atom is 0.0967 e. The fraction of sp³-hybridized carbons (Fsp3) is 0.250. The Balaban J connectivity index is 0. The van der Waals surface area contributed by atoms with Gasteiger partial charge in [-0.1, -0.05) is 0 Å². The molecule has 0 bridgehead atoms. The molecule has 0 atom stereocenters. The zero-order valence-electron chi connectivity index (χ0n) is 4.56. The molecule has 0 aliphatic heterocycles. The largest absolute Gasteiger partial charge is 0.467 e. The molecule has 0 aliphatic carbocycles. The minimum atomic E-state index is 0. The Labute approximate surface area is 83.1 Å². The van der Waals surface area contributed by atoms with Crippen molar-refractivity contribution in [2.24, 2.45) is 0 Å². The van der Waals surface area contributed by atoms with Gasteiger partial charge in [-0.05, 0) is 6.33 Å². The van der Waals surface area contributed by atoms with Gasteiger partial charge in [-0.2, -0.15) is 0 Å². The van der Waals surface area contributed by atoms with E-state index in [0.29, 0.717) is 0 Å². The van der Waals surface area contributed by atoms with Gasteiger partial charge in [0.05, 0.1) is 5.34 Å².